The van der Waals surface area contributed by atoms with Crippen LogP contribution >= 0.6 is 23.2 Å². The van der Waals surface area contributed by atoms with Crippen molar-refractivity contribution in [2.24, 2.45) is 0 Å². The molecule has 0 radical (unpaired) electrons. The Bertz CT molecular complexity index is 626. The fourth-order valence-corrected chi connectivity index (χ4v) is 2.41. The highest BCUT2D eigenvalue weighted by Crippen LogP contribution is 2.31. The average molecular weight is 310 g/mol. The van der Waals surface area contributed by atoms with E-state index in [-0.39, 0.29) is 0 Å². The number of rotatable bonds is 4. The van der Waals surface area contributed by atoms with Crippen LogP contribution in [0.2, 0.25) is 10.0 Å². The van der Waals surface area contributed by atoms with Crippen molar-refractivity contribution in [3.8, 4) is 5.75 Å². The van der Waals surface area contributed by atoms with Crippen LogP contribution in [0.5, 0.6) is 5.75 Å². The van der Waals surface area contributed by atoms with E-state index in [1.807, 2.05) is 44.2 Å². The zero-order valence-corrected chi connectivity index (χ0v) is 13.3. The van der Waals surface area contributed by atoms with Crippen LogP contribution in [0.25, 0.3) is 0 Å². The van der Waals surface area contributed by atoms with Gasteiger partial charge in [0.05, 0.1) is 12.8 Å². The fourth-order valence-electron chi connectivity index (χ4n) is 1.96. The van der Waals surface area contributed by atoms with Gasteiger partial charge in [-0.25, -0.2) is 0 Å². The molecule has 0 amide bonds. The number of benzene rings is 2. The Morgan fingerprint density at radius 1 is 1.05 bits per heavy atom. The third kappa shape index (κ3) is 3.38. The SMILES string of the molecule is COc1cc(Cl)c(C)cc1NCc1ccc(C)cc1Cl. The minimum absolute atomic E-state index is 0.635. The molecular formula is C16H17Cl2NO. The maximum Gasteiger partial charge on any atom is 0.143 e. The third-order valence-electron chi connectivity index (χ3n) is 3.16. The van der Waals surface area contributed by atoms with Crippen molar-refractivity contribution in [2.45, 2.75) is 20.4 Å². The molecule has 1 N–H and O–H groups in total. The normalized spacial score (nSPS) is 10.4. The van der Waals surface area contributed by atoms with E-state index in [2.05, 4.69) is 5.32 Å². The van der Waals surface area contributed by atoms with Crippen molar-refractivity contribution in [3.05, 3.63) is 57.1 Å². The molecule has 0 aliphatic heterocycles. The van der Waals surface area contributed by atoms with Gasteiger partial charge in [-0.05, 0) is 42.7 Å². The number of anilines is 1. The smallest absolute Gasteiger partial charge is 0.143 e. The van der Waals surface area contributed by atoms with Crippen LogP contribution in [-0.2, 0) is 6.54 Å². The lowest BCUT2D eigenvalue weighted by Crippen LogP contribution is -2.02. The van der Waals surface area contributed by atoms with E-state index in [1.54, 1.807) is 7.11 Å². The molecule has 0 heterocycles. The van der Waals surface area contributed by atoms with Crippen LogP contribution in [0.3, 0.4) is 0 Å². The van der Waals surface area contributed by atoms with Gasteiger partial charge in [-0.2, -0.15) is 0 Å². The third-order valence-corrected chi connectivity index (χ3v) is 3.92. The Morgan fingerprint density at radius 3 is 2.45 bits per heavy atom. The number of hydrogen-bond donors (Lipinski definition) is 1. The van der Waals surface area contributed by atoms with E-state index < -0.39 is 0 Å². The minimum Gasteiger partial charge on any atom is -0.495 e. The van der Waals surface area contributed by atoms with Gasteiger partial charge in [0.1, 0.15) is 5.75 Å². The standard InChI is InChI=1S/C16H17Cl2NO/c1-10-4-5-12(14(18)6-10)9-19-15-7-11(2)13(17)8-16(15)20-3/h4-8,19H,9H2,1-3H3. The number of nitrogens with one attached hydrogen (secondary N) is 1. The molecule has 4 heteroatoms. The van der Waals surface area contributed by atoms with E-state index in [1.165, 1.54) is 0 Å². The lowest BCUT2D eigenvalue weighted by Gasteiger charge is -2.14. The Labute approximate surface area is 129 Å². The highest BCUT2D eigenvalue weighted by molar-refractivity contribution is 6.31. The van der Waals surface area contributed by atoms with Gasteiger partial charge in [0.2, 0.25) is 0 Å². The summed E-state index contributed by atoms with van der Waals surface area (Å²) in [4.78, 5) is 0. The number of methoxy groups -OCH3 is 1. The van der Waals surface area contributed by atoms with Crippen LogP contribution in [0.1, 0.15) is 16.7 Å². The van der Waals surface area contributed by atoms with Crippen molar-refractivity contribution < 1.29 is 4.74 Å². The van der Waals surface area contributed by atoms with Gasteiger partial charge in [0.25, 0.3) is 0 Å². The average Bonchev–Trinajstić information content (AvgIpc) is 2.41. The van der Waals surface area contributed by atoms with Crippen molar-refractivity contribution in [1.82, 2.24) is 0 Å². The first-order valence-corrected chi connectivity index (χ1v) is 7.10. The van der Waals surface area contributed by atoms with Gasteiger partial charge >= 0.3 is 0 Å². The van der Waals surface area contributed by atoms with E-state index in [0.717, 1.165) is 33.1 Å². The maximum absolute atomic E-state index is 6.23. The molecule has 106 valence electrons. The van der Waals surface area contributed by atoms with Crippen LogP contribution < -0.4 is 10.1 Å². The molecule has 2 aromatic rings. The summed E-state index contributed by atoms with van der Waals surface area (Å²) in [6.07, 6.45) is 0. The minimum atomic E-state index is 0.635. The molecular weight excluding hydrogens is 293 g/mol. The predicted octanol–water partition coefficient (Wildman–Crippen LogP) is 5.23. The van der Waals surface area contributed by atoms with Crippen molar-refractivity contribution >= 4 is 28.9 Å². The molecule has 0 spiro atoms. The van der Waals surface area contributed by atoms with Gasteiger partial charge < -0.3 is 10.1 Å². The fraction of sp³-hybridized carbons (Fsp3) is 0.250. The second-order valence-electron chi connectivity index (χ2n) is 4.75. The lowest BCUT2D eigenvalue weighted by molar-refractivity contribution is 0.416. The summed E-state index contributed by atoms with van der Waals surface area (Å²) in [6.45, 7) is 4.62. The van der Waals surface area contributed by atoms with Gasteiger partial charge in [-0.15, -0.1) is 0 Å². The van der Waals surface area contributed by atoms with Crippen LogP contribution in [-0.4, -0.2) is 7.11 Å². The summed E-state index contributed by atoms with van der Waals surface area (Å²) in [5.41, 5.74) is 4.11. The first-order valence-electron chi connectivity index (χ1n) is 6.34. The van der Waals surface area contributed by atoms with Crippen LogP contribution in [0.15, 0.2) is 30.3 Å². The first-order chi connectivity index (χ1) is 9.51. The summed E-state index contributed by atoms with van der Waals surface area (Å²) in [5, 5.41) is 4.80. The van der Waals surface area contributed by atoms with Crippen molar-refractivity contribution in [3.63, 3.8) is 0 Å². The molecule has 0 saturated heterocycles. The van der Waals surface area contributed by atoms with E-state index in [9.17, 15) is 0 Å². The molecule has 2 nitrogen and oxygen atoms in total. The quantitative estimate of drug-likeness (QED) is 0.835. The molecule has 0 aliphatic rings. The largest absolute Gasteiger partial charge is 0.495 e. The van der Waals surface area contributed by atoms with Gasteiger partial charge in [-0.3, -0.25) is 0 Å². The zero-order valence-electron chi connectivity index (χ0n) is 11.8. The summed E-state index contributed by atoms with van der Waals surface area (Å²) in [6, 6.07) is 9.83. The molecule has 0 unspecified atom stereocenters. The highest BCUT2D eigenvalue weighted by Gasteiger charge is 2.08. The van der Waals surface area contributed by atoms with Crippen LogP contribution in [0.4, 0.5) is 5.69 Å². The second-order valence-corrected chi connectivity index (χ2v) is 5.56. The molecule has 0 aromatic heterocycles. The summed E-state index contributed by atoms with van der Waals surface area (Å²) in [5.74, 6) is 0.726. The van der Waals surface area contributed by atoms with Crippen molar-refractivity contribution in [2.75, 3.05) is 12.4 Å². The Kier molecular flexibility index (Phi) is 4.79. The van der Waals surface area contributed by atoms with Crippen molar-refractivity contribution in [1.29, 1.82) is 0 Å². The number of ether oxygens (including phenoxy) is 1. The Balaban J connectivity index is 2.20. The maximum atomic E-state index is 6.23. The van der Waals surface area contributed by atoms with Gasteiger partial charge in [0.15, 0.2) is 0 Å². The molecule has 0 aliphatic carbocycles. The summed E-state index contributed by atoms with van der Waals surface area (Å²) in [7, 11) is 1.63. The monoisotopic (exact) mass is 309 g/mol. The number of aryl methyl sites for hydroxylation is 2. The highest BCUT2D eigenvalue weighted by atomic mass is 35.5. The van der Waals surface area contributed by atoms with E-state index in [4.69, 9.17) is 27.9 Å². The Morgan fingerprint density at radius 2 is 1.80 bits per heavy atom. The summed E-state index contributed by atoms with van der Waals surface area (Å²) < 4.78 is 5.34. The number of hydrogen-bond acceptors (Lipinski definition) is 2. The molecule has 0 fully saturated rings. The molecule has 2 aromatic carbocycles. The predicted molar refractivity (Wildman–Crippen MR) is 86.3 cm³/mol. The molecule has 0 atom stereocenters. The Hall–Kier alpha value is -1.38. The lowest BCUT2D eigenvalue weighted by atomic mass is 10.1. The van der Waals surface area contributed by atoms with Crippen LogP contribution in [0, 0.1) is 13.8 Å². The van der Waals surface area contributed by atoms with E-state index >= 15 is 0 Å². The van der Waals surface area contributed by atoms with E-state index in [0.29, 0.717) is 11.6 Å². The topological polar surface area (TPSA) is 21.3 Å². The first kappa shape index (κ1) is 15.0. The summed E-state index contributed by atoms with van der Waals surface area (Å²) >= 11 is 12.3. The second kappa shape index (κ2) is 6.38. The zero-order chi connectivity index (χ0) is 14.7. The van der Waals surface area contributed by atoms with Gasteiger partial charge in [0, 0.05) is 22.7 Å². The van der Waals surface area contributed by atoms with Gasteiger partial charge in [-0.1, -0.05) is 35.3 Å². The molecule has 2 rings (SSSR count). The molecule has 0 bridgehead atoms. The number of halogens is 2. The molecule has 0 saturated carbocycles. The molecule has 20 heavy (non-hydrogen) atoms.